The van der Waals surface area contributed by atoms with Crippen LogP contribution in [-0.2, 0) is 0 Å². The molecule has 124 valence electrons. The molecule has 22 heavy (non-hydrogen) atoms. The van der Waals surface area contributed by atoms with Crippen molar-refractivity contribution in [2.45, 2.75) is 64.2 Å². The fourth-order valence-corrected chi connectivity index (χ4v) is 3.59. The van der Waals surface area contributed by atoms with E-state index in [4.69, 9.17) is 9.47 Å². The second-order valence-corrected chi connectivity index (χ2v) is 7.65. The lowest BCUT2D eigenvalue weighted by atomic mass is 10.1. The third-order valence-corrected chi connectivity index (χ3v) is 5.28. The first-order chi connectivity index (χ1) is 10.8. The maximum absolute atomic E-state index is 5.88. The van der Waals surface area contributed by atoms with Gasteiger partial charge in [0.2, 0.25) is 0 Å². The van der Waals surface area contributed by atoms with Gasteiger partial charge in [0.05, 0.1) is 22.2 Å². The third-order valence-electron chi connectivity index (χ3n) is 4.04. The zero-order chi connectivity index (χ0) is 15.6. The van der Waals surface area contributed by atoms with Crippen LogP contribution in [0.3, 0.4) is 0 Å². The Balaban J connectivity index is 1.94. The summed E-state index contributed by atoms with van der Waals surface area (Å²) in [5, 5.41) is 0. The standard InChI is InChI=1S/C18H26Br2O2/c19-15-14-18-16(20)13-17(15)21-11-9-7-5-3-1-2-4-6-8-10-12-22-18/h13-14H,1-12H2. The van der Waals surface area contributed by atoms with Crippen LogP contribution in [0.15, 0.2) is 21.1 Å². The van der Waals surface area contributed by atoms with Crippen molar-refractivity contribution in [1.29, 1.82) is 0 Å². The first-order valence-corrected chi connectivity index (χ1v) is 10.1. The molecule has 0 fully saturated rings. The summed E-state index contributed by atoms with van der Waals surface area (Å²) in [6, 6.07) is 4.01. The van der Waals surface area contributed by atoms with E-state index in [9.17, 15) is 0 Å². The van der Waals surface area contributed by atoms with Crippen LogP contribution in [0.4, 0.5) is 0 Å². The van der Waals surface area contributed by atoms with Crippen LogP contribution in [0, 0.1) is 0 Å². The number of fused-ring (bicyclic) bond motifs is 15. The molecule has 0 atom stereocenters. The van der Waals surface area contributed by atoms with Gasteiger partial charge in [-0.15, -0.1) is 0 Å². The number of hydrogen-bond acceptors (Lipinski definition) is 2. The molecule has 2 heterocycles. The van der Waals surface area contributed by atoms with E-state index in [1.807, 2.05) is 12.1 Å². The Kier molecular flexibility index (Phi) is 8.68. The molecule has 0 aromatic heterocycles. The van der Waals surface area contributed by atoms with Crippen LogP contribution >= 0.6 is 31.9 Å². The number of hydrogen-bond donors (Lipinski definition) is 0. The molecule has 3 rings (SSSR count). The fourth-order valence-electron chi connectivity index (χ4n) is 2.71. The van der Waals surface area contributed by atoms with Crippen molar-refractivity contribution in [3.05, 3.63) is 21.1 Å². The molecule has 0 aliphatic carbocycles. The average Bonchev–Trinajstić information content (AvgIpc) is 2.50. The Labute approximate surface area is 151 Å². The summed E-state index contributed by atoms with van der Waals surface area (Å²) < 4.78 is 13.7. The van der Waals surface area contributed by atoms with Gasteiger partial charge in [-0.05, 0) is 56.8 Å². The van der Waals surface area contributed by atoms with Crippen molar-refractivity contribution in [3.63, 3.8) is 0 Å². The monoisotopic (exact) mass is 432 g/mol. The van der Waals surface area contributed by atoms with Gasteiger partial charge in [-0.1, -0.05) is 51.4 Å². The van der Waals surface area contributed by atoms with Gasteiger partial charge < -0.3 is 9.47 Å². The molecule has 0 spiro atoms. The highest BCUT2D eigenvalue weighted by Crippen LogP contribution is 2.36. The topological polar surface area (TPSA) is 18.5 Å². The number of halogens is 2. The number of ether oxygens (including phenoxy) is 2. The maximum Gasteiger partial charge on any atom is 0.134 e. The summed E-state index contributed by atoms with van der Waals surface area (Å²) in [4.78, 5) is 0. The highest BCUT2D eigenvalue weighted by Gasteiger charge is 2.09. The highest BCUT2D eigenvalue weighted by molar-refractivity contribution is 9.11. The van der Waals surface area contributed by atoms with Gasteiger partial charge in [-0.3, -0.25) is 0 Å². The van der Waals surface area contributed by atoms with Crippen molar-refractivity contribution >= 4 is 31.9 Å². The maximum atomic E-state index is 5.88. The van der Waals surface area contributed by atoms with Crippen molar-refractivity contribution < 1.29 is 9.47 Å². The zero-order valence-corrected chi connectivity index (χ0v) is 16.4. The van der Waals surface area contributed by atoms with Gasteiger partial charge in [0.1, 0.15) is 11.5 Å². The van der Waals surface area contributed by atoms with Crippen LogP contribution in [-0.4, -0.2) is 13.2 Å². The Bertz CT molecular complexity index is 407. The van der Waals surface area contributed by atoms with Crippen LogP contribution in [0.2, 0.25) is 0 Å². The first-order valence-electron chi connectivity index (χ1n) is 8.52. The minimum Gasteiger partial charge on any atom is -0.492 e. The Hall–Kier alpha value is -0.220. The average molecular weight is 434 g/mol. The summed E-state index contributed by atoms with van der Waals surface area (Å²) in [6.07, 6.45) is 13.0. The van der Waals surface area contributed by atoms with Crippen molar-refractivity contribution in [3.8, 4) is 11.5 Å². The van der Waals surface area contributed by atoms with Crippen LogP contribution in [0.5, 0.6) is 11.5 Å². The smallest absolute Gasteiger partial charge is 0.134 e. The Morgan fingerprint density at radius 2 is 0.864 bits per heavy atom. The second kappa shape index (κ2) is 10.5. The van der Waals surface area contributed by atoms with Gasteiger partial charge >= 0.3 is 0 Å². The Morgan fingerprint density at radius 1 is 0.545 bits per heavy atom. The van der Waals surface area contributed by atoms with E-state index in [1.54, 1.807) is 0 Å². The van der Waals surface area contributed by atoms with Crippen LogP contribution in [0.1, 0.15) is 64.2 Å². The normalized spacial score (nSPS) is 18.8. The quantitative estimate of drug-likeness (QED) is 0.443. The molecule has 1 aromatic carbocycles. The summed E-state index contributed by atoms with van der Waals surface area (Å²) >= 11 is 7.16. The van der Waals surface area contributed by atoms with E-state index in [0.717, 1.165) is 46.5 Å². The Morgan fingerprint density at radius 3 is 1.23 bits per heavy atom. The van der Waals surface area contributed by atoms with Crippen molar-refractivity contribution in [2.75, 3.05) is 13.2 Å². The molecule has 4 heteroatoms. The molecule has 0 amide bonds. The molecule has 2 nitrogen and oxygen atoms in total. The SMILES string of the molecule is Brc1cc2c(Br)cc1OCCCCCCCCCCCCO2. The van der Waals surface area contributed by atoms with Gasteiger partial charge in [-0.2, -0.15) is 0 Å². The summed E-state index contributed by atoms with van der Waals surface area (Å²) in [5.74, 6) is 1.78. The lowest BCUT2D eigenvalue weighted by Gasteiger charge is -2.13. The molecule has 2 aliphatic heterocycles. The minimum atomic E-state index is 0.783. The number of rotatable bonds is 0. The van der Waals surface area contributed by atoms with Crippen LogP contribution < -0.4 is 9.47 Å². The predicted octanol–water partition coefficient (Wildman–Crippen LogP) is 6.88. The summed E-state index contributed by atoms with van der Waals surface area (Å²) in [6.45, 7) is 1.57. The molecule has 0 saturated heterocycles. The van der Waals surface area contributed by atoms with E-state index in [2.05, 4.69) is 31.9 Å². The van der Waals surface area contributed by atoms with Crippen molar-refractivity contribution in [2.24, 2.45) is 0 Å². The molecule has 0 N–H and O–H groups in total. The molecule has 2 aliphatic rings. The minimum absolute atomic E-state index is 0.783. The highest BCUT2D eigenvalue weighted by atomic mass is 79.9. The zero-order valence-electron chi connectivity index (χ0n) is 13.2. The van der Waals surface area contributed by atoms with E-state index in [1.165, 1.54) is 51.4 Å². The van der Waals surface area contributed by atoms with Crippen molar-refractivity contribution in [1.82, 2.24) is 0 Å². The van der Waals surface area contributed by atoms with Gasteiger partial charge in [0.25, 0.3) is 0 Å². The van der Waals surface area contributed by atoms with Gasteiger partial charge in [0, 0.05) is 0 Å². The predicted molar refractivity (Wildman–Crippen MR) is 99.0 cm³/mol. The third kappa shape index (κ3) is 6.49. The molecular weight excluding hydrogens is 408 g/mol. The molecule has 1 aromatic rings. The summed E-state index contributed by atoms with van der Waals surface area (Å²) in [7, 11) is 0. The lowest BCUT2D eigenvalue weighted by Crippen LogP contribution is -2.01. The first kappa shape index (κ1) is 18.1. The van der Waals surface area contributed by atoms with E-state index >= 15 is 0 Å². The molecular formula is C18H26Br2O2. The van der Waals surface area contributed by atoms with E-state index in [0.29, 0.717) is 0 Å². The second-order valence-electron chi connectivity index (χ2n) is 5.95. The van der Waals surface area contributed by atoms with E-state index < -0.39 is 0 Å². The molecule has 0 radical (unpaired) electrons. The lowest BCUT2D eigenvalue weighted by molar-refractivity contribution is 0.292. The molecule has 2 bridgehead atoms. The van der Waals surface area contributed by atoms with Gasteiger partial charge in [-0.25, -0.2) is 0 Å². The molecule has 0 saturated carbocycles. The fraction of sp³-hybridized carbons (Fsp3) is 0.667. The summed E-state index contributed by atoms with van der Waals surface area (Å²) in [5.41, 5.74) is 0. The number of benzene rings is 1. The molecule has 0 unspecified atom stereocenters. The van der Waals surface area contributed by atoms with E-state index in [-0.39, 0.29) is 0 Å². The largest absolute Gasteiger partial charge is 0.492 e. The van der Waals surface area contributed by atoms with Gasteiger partial charge in [0.15, 0.2) is 0 Å². The van der Waals surface area contributed by atoms with Crippen LogP contribution in [0.25, 0.3) is 0 Å².